The summed E-state index contributed by atoms with van der Waals surface area (Å²) in [5, 5.41) is 3.41. The first-order valence-electron chi connectivity index (χ1n) is 7.54. The number of likely N-dealkylation sites (N-methyl/N-ethyl adjacent to an activating group) is 1. The fourth-order valence-corrected chi connectivity index (χ4v) is 3.27. The Kier molecular flexibility index (Phi) is 5.12. The molecule has 0 radical (unpaired) electrons. The van der Waals surface area contributed by atoms with Gasteiger partial charge in [0.1, 0.15) is 0 Å². The van der Waals surface area contributed by atoms with Crippen molar-refractivity contribution in [3.05, 3.63) is 0 Å². The second-order valence-corrected chi connectivity index (χ2v) is 5.98. The summed E-state index contributed by atoms with van der Waals surface area (Å²) in [6.45, 7) is 2.69. The molecule has 0 aromatic heterocycles. The molecule has 2 aliphatic carbocycles. The van der Waals surface area contributed by atoms with Gasteiger partial charge in [-0.2, -0.15) is 13.2 Å². The number of rotatable bonds is 7. The van der Waals surface area contributed by atoms with E-state index in [9.17, 15) is 13.2 Å². The van der Waals surface area contributed by atoms with Crippen LogP contribution < -0.4 is 5.32 Å². The highest BCUT2D eigenvalue weighted by Crippen LogP contribution is 2.33. The van der Waals surface area contributed by atoms with Crippen molar-refractivity contribution in [1.82, 2.24) is 10.2 Å². The van der Waals surface area contributed by atoms with Crippen LogP contribution in [0.4, 0.5) is 13.2 Å². The average Bonchev–Trinajstić information content (AvgIpc) is 3.01. The quantitative estimate of drug-likeness (QED) is 0.769. The van der Waals surface area contributed by atoms with Crippen molar-refractivity contribution in [1.29, 1.82) is 0 Å². The Labute approximate surface area is 113 Å². The molecule has 0 spiro atoms. The molecule has 0 aromatic rings. The van der Waals surface area contributed by atoms with Crippen molar-refractivity contribution in [2.45, 2.75) is 63.7 Å². The lowest BCUT2D eigenvalue weighted by molar-refractivity contribution is -0.148. The molecule has 0 heterocycles. The van der Waals surface area contributed by atoms with Crippen LogP contribution in [0.3, 0.4) is 0 Å². The van der Waals surface area contributed by atoms with Gasteiger partial charge in [-0.25, -0.2) is 0 Å². The van der Waals surface area contributed by atoms with Crippen molar-refractivity contribution in [3.63, 3.8) is 0 Å². The highest BCUT2D eigenvalue weighted by molar-refractivity contribution is 4.90. The number of nitrogens with zero attached hydrogens (tertiary/aromatic N) is 1. The summed E-state index contributed by atoms with van der Waals surface area (Å²) >= 11 is 0. The van der Waals surface area contributed by atoms with Gasteiger partial charge in [-0.15, -0.1) is 0 Å². The number of alkyl halides is 3. The molecule has 2 fully saturated rings. The molecular weight excluding hydrogens is 253 g/mol. The van der Waals surface area contributed by atoms with Crippen molar-refractivity contribution in [2.24, 2.45) is 5.92 Å². The Balaban J connectivity index is 1.92. The van der Waals surface area contributed by atoms with E-state index in [4.69, 9.17) is 0 Å². The van der Waals surface area contributed by atoms with E-state index in [0.717, 1.165) is 19.4 Å². The first kappa shape index (κ1) is 15.1. The molecule has 2 nitrogen and oxygen atoms in total. The minimum absolute atomic E-state index is 0.171. The molecule has 2 aliphatic rings. The molecule has 0 bridgehead atoms. The molecule has 0 saturated heterocycles. The standard InChI is InChI=1S/C14H25F3N2/c1-2-18-13(11-5-3-4-6-11)9-19(12-7-8-12)10-14(15,16)17/h11-13,18H,2-10H2,1H3. The smallest absolute Gasteiger partial charge is 0.313 e. The van der Waals surface area contributed by atoms with Crippen LogP contribution in [0.15, 0.2) is 0 Å². The molecule has 1 N–H and O–H groups in total. The van der Waals surface area contributed by atoms with E-state index in [2.05, 4.69) is 5.32 Å². The van der Waals surface area contributed by atoms with Gasteiger partial charge >= 0.3 is 6.18 Å². The highest BCUT2D eigenvalue weighted by Gasteiger charge is 2.39. The first-order chi connectivity index (χ1) is 8.99. The zero-order valence-electron chi connectivity index (χ0n) is 11.7. The summed E-state index contributed by atoms with van der Waals surface area (Å²) in [4.78, 5) is 1.66. The molecule has 1 unspecified atom stereocenters. The summed E-state index contributed by atoms with van der Waals surface area (Å²) in [7, 11) is 0. The lowest BCUT2D eigenvalue weighted by Gasteiger charge is -2.32. The van der Waals surface area contributed by atoms with Crippen LogP contribution >= 0.6 is 0 Å². The summed E-state index contributed by atoms with van der Waals surface area (Å²) in [5.74, 6) is 0.564. The predicted octanol–water partition coefficient (Wildman–Crippen LogP) is 3.18. The van der Waals surface area contributed by atoms with Crippen LogP contribution in [0.5, 0.6) is 0 Å². The lowest BCUT2D eigenvalue weighted by atomic mass is 9.97. The fourth-order valence-electron chi connectivity index (χ4n) is 3.27. The van der Waals surface area contributed by atoms with Gasteiger partial charge in [0.25, 0.3) is 0 Å². The van der Waals surface area contributed by atoms with Crippen molar-refractivity contribution >= 4 is 0 Å². The summed E-state index contributed by atoms with van der Waals surface area (Å²) in [6.07, 6.45) is 2.59. The maximum Gasteiger partial charge on any atom is 0.401 e. The highest BCUT2D eigenvalue weighted by atomic mass is 19.4. The topological polar surface area (TPSA) is 15.3 Å². The SMILES string of the molecule is CCNC(CN(CC(F)(F)F)C1CC1)C1CCCC1. The van der Waals surface area contributed by atoms with Crippen LogP contribution in [-0.4, -0.2) is 42.8 Å². The van der Waals surface area contributed by atoms with E-state index in [1.165, 1.54) is 25.7 Å². The van der Waals surface area contributed by atoms with E-state index in [1.807, 2.05) is 6.92 Å². The van der Waals surface area contributed by atoms with E-state index < -0.39 is 12.7 Å². The molecule has 19 heavy (non-hydrogen) atoms. The molecule has 0 amide bonds. The average molecular weight is 278 g/mol. The fraction of sp³-hybridized carbons (Fsp3) is 1.00. The molecule has 2 rings (SSSR count). The molecule has 5 heteroatoms. The van der Waals surface area contributed by atoms with Gasteiger partial charge in [0.2, 0.25) is 0 Å². The monoisotopic (exact) mass is 278 g/mol. The Bertz CT molecular complexity index is 270. The Morgan fingerprint density at radius 2 is 1.79 bits per heavy atom. The van der Waals surface area contributed by atoms with Gasteiger partial charge in [0.05, 0.1) is 6.54 Å². The van der Waals surface area contributed by atoms with E-state index in [0.29, 0.717) is 12.5 Å². The van der Waals surface area contributed by atoms with Gasteiger partial charge in [-0.05, 0) is 38.1 Å². The molecule has 2 saturated carbocycles. The summed E-state index contributed by atoms with van der Waals surface area (Å²) in [5.41, 5.74) is 0. The minimum atomic E-state index is -4.07. The van der Waals surface area contributed by atoms with Gasteiger partial charge in [0.15, 0.2) is 0 Å². The summed E-state index contributed by atoms with van der Waals surface area (Å²) < 4.78 is 37.9. The predicted molar refractivity (Wildman–Crippen MR) is 70.1 cm³/mol. The number of hydrogen-bond acceptors (Lipinski definition) is 2. The van der Waals surface area contributed by atoms with Gasteiger partial charge in [0, 0.05) is 18.6 Å². The minimum Gasteiger partial charge on any atom is -0.313 e. The number of hydrogen-bond donors (Lipinski definition) is 1. The van der Waals surface area contributed by atoms with Gasteiger partial charge in [-0.1, -0.05) is 19.8 Å². The lowest BCUT2D eigenvalue weighted by Crippen LogP contribution is -2.48. The van der Waals surface area contributed by atoms with E-state index in [1.54, 1.807) is 4.90 Å². The largest absolute Gasteiger partial charge is 0.401 e. The first-order valence-corrected chi connectivity index (χ1v) is 7.54. The summed E-state index contributed by atoms with van der Waals surface area (Å²) in [6, 6.07) is 0.402. The van der Waals surface area contributed by atoms with Crippen LogP contribution in [0, 0.1) is 5.92 Å². The Morgan fingerprint density at radius 3 is 2.26 bits per heavy atom. The zero-order chi connectivity index (χ0) is 13.9. The van der Waals surface area contributed by atoms with E-state index in [-0.39, 0.29) is 12.1 Å². The number of halogens is 3. The van der Waals surface area contributed by atoms with Crippen LogP contribution in [0.25, 0.3) is 0 Å². The molecule has 1 atom stereocenters. The van der Waals surface area contributed by atoms with E-state index >= 15 is 0 Å². The van der Waals surface area contributed by atoms with Crippen molar-refractivity contribution < 1.29 is 13.2 Å². The Hall–Kier alpha value is -0.290. The van der Waals surface area contributed by atoms with Crippen LogP contribution in [0.2, 0.25) is 0 Å². The third-order valence-corrected chi connectivity index (χ3v) is 4.31. The number of nitrogens with one attached hydrogen (secondary N) is 1. The maximum atomic E-state index is 12.6. The second-order valence-electron chi connectivity index (χ2n) is 5.98. The second kappa shape index (κ2) is 6.44. The van der Waals surface area contributed by atoms with Crippen LogP contribution in [0.1, 0.15) is 45.4 Å². The maximum absolute atomic E-state index is 12.6. The molecular formula is C14H25F3N2. The molecule has 112 valence electrons. The van der Waals surface area contributed by atoms with Crippen LogP contribution in [-0.2, 0) is 0 Å². The molecule has 0 aromatic carbocycles. The third-order valence-electron chi connectivity index (χ3n) is 4.31. The molecule has 0 aliphatic heterocycles. The normalized spacial score (nSPS) is 23.2. The third kappa shape index (κ3) is 4.95. The zero-order valence-corrected chi connectivity index (χ0v) is 11.7. The van der Waals surface area contributed by atoms with Gasteiger partial charge < -0.3 is 5.32 Å². The van der Waals surface area contributed by atoms with Gasteiger partial charge in [-0.3, -0.25) is 4.90 Å². The van der Waals surface area contributed by atoms with Crippen molar-refractivity contribution in [3.8, 4) is 0 Å². The Morgan fingerprint density at radius 1 is 1.16 bits per heavy atom. The van der Waals surface area contributed by atoms with Crippen molar-refractivity contribution in [2.75, 3.05) is 19.6 Å².